The summed E-state index contributed by atoms with van der Waals surface area (Å²) in [5.74, 6) is -0.840. The highest BCUT2D eigenvalue weighted by molar-refractivity contribution is 5.95. The molecular weight excluding hydrogens is 527 g/mol. The number of benzene rings is 2. The Balaban J connectivity index is 1.55. The van der Waals surface area contributed by atoms with Crippen molar-refractivity contribution in [1.29, 1.82) is 5.41 Å². The minimum atomic E-state index is -0.891. The standard InChI is InChI=1S/C30H39FN6O4/c1-18-28(38)36-24(16-19-5-7-22(8-6-19)27(32)33)29(39)35-13-3-4-20-11-12-23(31)17-25(20)41-15-14-34-26(21-9-10-21)30(40)37(18)2/h5-8,11-12,17-18,21,24,26,34H,3-4,9-10,13-16H2,1-2H3,(H3,32,33)(H,35,39)(H,36,38)/t18-,24-,26-/m0/s1. The molecular formula is C30H39FN6O4. The third-order valence-electron chi connectivity index (χ3n) is 7.68. The van der Waals surface area contributed by atoms with Crippen molar-refractivity contribution in [3.63, 3.8) is 0 Å². The van der Waals surface area contributed by atoms with Gasteiger partial charge < -0.3 is 31.3 Å². The van der Waals surface area contributed by atoms with E-state index in [4.69, 9.17) is 15.9 Å². The molecule has 220 valence electrons. The maximum atomic E-state index is 14.0. The molecule has 0 bridgehead atoms. The van der Waals surface area contributed by atoms with Gasteiger partial charge in [-0.05, 0) is 55.7 Å². The van der Waals surface area contributed by atoms with Gasteiger partial charge >= 0.3 is 0 Å². The average molecular weight is 567 g/mol. The number of nitrogens with zero attached hydrogens (tertiary/aromatic N) is 1. The molecule has 1 aliphatic heterocycles. The lowest BCUT2D eigenvalue weighted by atomic mass is 10.0. The number of fused-ring (bicyclic) bond motifs is 1. The van der Waals surface area contributed by atoms with Gasteiger partial charge in [0.2, 0.25) is 17.7 Å². The van der Waals surface area contributed by atoms with Gasteiger partial charge in [-0.3, -0.25) is 19.8 Å². The topological polar surface area (TPSA) is 150 Å². The van der Waals surface area contributed by atoms with Gasteiger partial charge in [0.25, 0.3) is 0 Å². The van der Waals surface area contributed by atoms with Crippen LogP contribution in [0, 0.1) is 17.1 Å². The minimum Gasteiger partial charge on any atom is -0.492 e. The number of halogens is 1. The Hall–Kier alpha value is -3.99. The summed E-state index contributed by atoms with van der Waals surface area (Å²) in [6.07, 6.45) is 3.17. The van der Waals surface area contributed by atoms with E-state index in [-0.39, 0.29) is 36.6 Å². The van der Waals surface area contributed by atoms with Crippen LogP contribution in [0.1, 0.15) is 42.9 Å². The fourth-order valence-electron chi connectivity index (χ4n) is 4.89. The number of nitrogens with one attached hydrogen (secondary N) is 4. The van der Waals surface area contributed by atoms with E-state index in [1.165, 1.54) is 17.0 Å². The Morgan fingerprint density at radius 3 is 2.51 bits per heavy atom. The number of likely N-dealkylation sites (N-methyl/N-ethyl adjacent to an activating group) is 1. The second-order valence-electron chi connectivity index (χ2n) is 10.8. The van der Waals surface area contributed by atoms with Gasteiger partial charge in [-0.25, -0.2) is 4.39 Å². The summed E-state index contributed by atoms with van der Waals surface area (Å²) in [5, 5.41) is 16.6. The number of hydrogen-bond acceptors (Lipinski definition) is 6. The number of carbonyl (C=O) groups excluding carboxylic acids is 3. The van der Waals surface area contributed by atoms with Gasteiger partial charge in [0, 0.05) is 38.2 Å². The number of rotatable bonds is 4. The monoisotopic (exact) mass is 566 g/mol. The van der Waals surface area contributed by atoms with Gasteiger partial charge in [0.1, 0.15) is 36.1 Å². The van der Waals surface area contributed by atoms with Crippen LogP contribution in [0.3, 0.4) is 0 Å². The number of amides is 3. The van der Waals surface area contributed by atoms with Crippen molar-refractivity contribution in [2.24, 2.45) is 11.7 Å². The lowest BCUT2D eigenvalue weighted by Gasteiger charge is -2.30. The molecule has 1 saturated carbocycles. The van der Waals surface area contributed by atoms with Gasteiger partial charge in [0.15, 0.2) is 0 Å². The SMILES string of the molecule is C[C@H]1C(=O)N[C@@H](Cc2ccc(C(=N)N)cc2)C(=O)NCCCc2ccc(F)cc2OCCN[C@@H](C2CC2)C(=O)N1C. The van der Waals surface area contributed by atoms with Crippen molar-refractivity contribution >= 4 is 23.6 Å². The highest BCUT2D eigenvalue weighted by Gasteiger charge is 2.39. The molecule has 1 aliphatic carbocycles. The zero-order chi connectivity index (χ0) is 29.5. The Bertz CT molecular complexity index is 1270. The largest absolute Gasteiger partial charge is 0.492 e. The fraction of sp³-hybridized carbons (Fsp3) is 0.467. The molecule has 2 aromatic rings. The third-order valence-corrected chi connectivity index (χ3v) is 7.68. The summed E-state index contributed by atoms with van der Waals surface area (Å²) < 4.78 is 19.9. The molecule has 10 nitrogen and oxygen atoms in total. The van der Waals surface area contributed by atoms with E-state index in [0.717, 1.165) is 24.0 Å². The zero-order valence-corrected chi connectivity index (χ0v) is 23.5. The lowest BCUT2D eigenvalue weighted by Crippen LogP contribution is -2.56. The van der Waals surface area contributed by atoms with Gasteiger partial charge in [-0.2, -0.15) is 0 Å². The molecule has 0 radical (unpaired) electrons. The third kappa shape index (κ3) is 8.03. The summed E-state index contributed by atoms with van der Waals surface area (Å²) in [6, 6.07) is 9.17. The molecule has 41 heavy (non-hydrogen) atoms. The molecule has 2 aliphatic rings. The van der Waals surface area contributed by atoms with E-state index in [9.17, 15) is 18.8 Å². The van der Waals surface area contributed by atoms with Crippen LogP contribution in [0.25, 0.3) is 0 Å². The van der Waals surface area contributed by atoms with Crippen LogP contribution in [-0.4, -0.2) is 73.3 Å². The van der Waals surface area contributed by atoms with Crippen LogP contribution in [0.15, 0.2) is 42.5 Å². The Kier molecular flexibility index (Phi) is 9.93. The zero-order valence-electron chi connectivity index (χ0n) is 23.5. The van der Waals surface area contributed by atoms with Crippen LogP contribution < -0.4 is 26.4 Å². The van der Waals surface area contributed by atoms with Gasteiger partial charge in [-0.15, -0.1) is 0 Å². The Morgan fingerprint density at radius 1 is 1.10 bits per heavy atom. The van der Waals surface area contributed by atoms with Crippen molar-refractivity contribution in [3.05, 3.63) is 65.0 Å². The van der Waals surface area contributed by atoms with E-state index in [1.807, 2.05) is 0 Å². The van der Waals surface area contributed by atoms with E-state index in [2.05, 4.69) is 16.0 Å². The van der Waals surface area contributed by atoms with E-state index >= 15 is 0 Å². The van der Waals surface area contributed by atoms with Crippen LogP contribution in [0.2, 0.25) is 0 Å². The molecule has 3 amide bonds. The van der Waals surface area contributed by atoms with Crippen molar-refractivity contribution in [2.45, 2.75) is 57.2 Å². The molecule has 3 atom stereocenters. The highest BCUT2D eigenvalue weighted by atomic mass is 19.1. The second-order valence-corrected chi connectivity index (χ2v) is 10.8. The summed E-state index contributed by atoms with van der Waals surface area (Å²) >= 11 is 0. The molecule has 1 heterocycles. The molecule has 2 aromatic carbocycles. The molecule has 11 heteroatoms. The minimum absolute atomic E-state index is 0.0611. The molecule has 6 N–H and O–H groups in total. The number of ether oxygens (including phenoxy) is 1. The fourth-order valence-corrected chi connectivity index (χ4v) is 4.89. The molecule has 1 fully saturated rings. The van der Waals surface area contributed by atoms with E-state index < -0.39 is 29.8 Å². The quantitative estimate of drug-likeness (QED) is 0.280. The number of nitrogens with two attached hydrogens (primary N) is 1. The molecule has 0 unspecified atom stereocenters. The Morgan fingerprint density at radius 2 is 1.83 bits per heavy atom. The summed E-state index contributed by atoms with van der Waals surface area (Å²) in [5.41, 5.74) is 7.71. The normalized spacial score (nSPS) is 23.3. The van der Waals surface area contributed by atoms with Crippen LogP contribution >= 0.6 is 0 Å². The predicted molar refractivity (Wildman–Crippen MR) is 153 cm³/mol. The van der Waals surface area contributed by atoms with Crippen molar-refractivity contribution in [3.8, 4) is 5.75 Å². The van der Waals surface area contributed by atoms with Crippen LogP contribution in [0.5, 0.6) is 5.75 Å². The van der Waals surface area contributed by atoms with Crippen molar-refractivity contribution in [1.82, 2.24) is 20.9 Å². The van der Waals surface area contributed by atoms with Crippen molar-refractivity contribution in [2.75, 3.05) is 26.7 Å². The summed E-state index contributed by atoms with van der Waals surface area (Å²) in [7, 11) is 1.59. The summed E-state index contributed by atoms with van der Waals surface area (Å²) in [6.45, 7) is 2.61. The van der Waals surface area contributed by atoms with Crippen LogP contribution in [-0.2, 0) is 27.2 Å². The van der Waals surface area contributed by atoms with Crippen molar-refractivity contribution < 1.29 is 23.5 Å². The molecule has 0 spiro atoms. The average Bonchev–Trinajstić information content (AvgIpc) is 3.79. The first kappa shape index (κ1) is 30.0. The van der Waals surface area contributed by atoms with E-state index in [0.29, 0.717) is 37.2 Å². The number of amidine groups is 1. The lowest BCUT2D eigenvalue weighted by molar-refractivity contribution is -0.141. The molecule has 0 saturated heterocycles. The summed E-state index contributed by atoms with van der Waals surface area (Å²) in [4.78, 5) is 41.4. The first-order valence-electron chi connectivity index (χ1n) is 14.1. The van der Waals surface area contributed by atoms with Gasteiger partial charge in [0.05, 0.1) is 6.04 Å². The molecule has 0 aromatic heterocycles. The number of carbonyl (C=O) groups is 3. The smallest absolute Gasteiger partial charge is 0.243 e. The number of aryl methyl sites for hydroxylation is 1. The number of nitrogen functional groups attached to an aromatic ring is 1. The maximum absolute atomic E-state index is 14.0. The predicted octanol–water partition coefficient (Wildman–Crippen LogP) is 1.49. The first-order chi connectivity index (χ1) is 19.6. The molecule has 4 rings (SSSR count). The number of hydrogen-bond donors (Lipinski definition) is 5. The maximum Gasteiger partial charge on any atom is 0.243 e. The van der Waals surface area contributed by atoms with Crippen LogP contribution in [0.4, 0.5) is 4.39 Å². The Labute approximate surface area is 239 Å². The van der Waals surface area contributed by atoms with Gasteiger partial charge in [-0.1, -0.05) is 30.3 Å². The van der Waals surface area contributed by atoms with E-state index in [1.54, 1.807) is 44.3 Å². The first-order valence-corrected chi connectivity index (χ1v) is 14.1. The highest BCUT2D eigenvalue weighted by Crippen LogP contribution is 2.33. The second kappa shape index (κ2) is 13.6.